The molecule has 5 nitrogen and oxygen atoms in total. The van der Waals surface area contributed by atoms with E-state index in [9.17, 15) is 9.59 Å². The molecule has 1 N–H and O–H groups in total. The SMILES string of the molecule is CC1(CC(=O)O)CN(c2ccccc2Cl)C(=O)O1. The molecule has 0 saturated carbocycles. The average Bonchev–Trinajstić information content (AvgIpc) is 2.53. The van der Waals surface area contributed by atoms with E-state index in [1.54, 1.807) is 31.2 Å². The lowest BCUT2D eigenvalue weighted by Crippen LogP contribution is -2.33. The van der Waals surface area contributed by atoms with E-state index in [-0.39, 0.29) is 13.0 Å². The van der Waals surface area contributed by atoms with Gasteiger partial charge in [0.1, 0.15) is 5.60 Å². The molecule has 1 atom stereocenters. The number of carboxylic acid groups (broad SMARTS) is 1. The maximum atomic E-state index is 11.8. The van der Waals surface area contributed by atoms with Crippen molar-refractivity contribution in [1.29, 1.82) is 0 Å². The summed E-state index contributed by atoms with van der Waals surface area (Å²) >= 11 is 6.00. The van der Waals surface area contributed by atoms with Crippen LogP contribution >= 0.6 is 11.6 Å². The Labute approximate surface area is 109 Å². The molecule has 1 fully saturated rings. The molecule has 1 amide bonds. The highest BCUT2D eigenvalue weighted by atomic mass is 35.5. The van der Waals surface area contributed by atoms with Crippen LogP contribution in [0.1, 0.15) is 13.3 Å². The molecule has 1 aromatic carbocycles. The Morgan fingerprint density at radius 1 is 1.56 bits per heavy atom. The van der Waals surface area contributed by atoms with Crippen LogP contribution < -0.4 is 4.90 Å². The Bertz CT molecular complexity index is 505. The molecule has 1 unspecified atom stereocenters. The molecule has 2 rings (SSSR count). The van der Waals surface area contributed by atoms with E-state index in [1.165, 1.54) is 4.90 Å². The van der Waals surface area contributed by atoms with Gasteiger partial charge >= 0.3 is 12.1 Å². The molecular formula is C12H12ClNO4. The lowest BCUT2D eigenvalue weighted by molar-refractivity contribution is -0.140. The fraction of sp³-hybridized carbons (Fsp3) is 0.333. The fourth-order valence-electron chi connectivity index (χ4n) is 1.96. The minimum atomic E-state index is -1.03. The number of amides is 1. The van der Waals surface area contributed by atoms with E-state index in [0.717, 1.165) is 0 Å². The van der Waals surface area contributed by atoms with Gasteiger partial charge in [0.2, 0.25) is 0 Å². The molecule has 0 spiro atoms. The number of carboxylic acids is 1. The molecule has 6 heteroatoms. The van der Waals surface area contributed by atoms with Crippen LogP contribution in [0.3, 0.4) is 0 Å². The lowest BCUT2D eigenvalue weighted by atomic mass is 10.0. The number of cyclic esters (lactones) is 1. The number of nitrogens with zero attached hydrogens (tertiary/aromatic N) is 1. The van der Waals surface area contributed by atoms with E-state index < -0.39 is 17.7 Å². The Kier molecular flexibility index (Phi) is 3.17. The van der Waals surface area contributed by atoms with E-state index in [4.69, 9.17) is 21.4 Å². The summed E-state index contributed by atoms with van der Waals surface area (Å²) in [4.78, 5) is 23.9. The number of hydrogen-bond donors (Lipinski definition) is 1. The number of benzene rings is 1. The highest BCUT2D eigenvalue weighted by molar-refractivity contribution is 6.33. The Morgan fingerprint density at radius 2 is 2.22 bits per heavy atom. The van der Waals surface area contributed by atoms with Gasteiger partial charge in [0.15, 0.2) is 0 Å². The second-order valence-corrected chi connectivity index (χ2v) is 4.83. The summed E-state index contributed by atoms with van der Waals surface area (Å²) < 4.78 is 5.13. The predicted molar refractivity (Wildman–Crippen MR) is 65.9 cm³/mol. The zero-order valence-electron chi connectivity index (χ0n) is 9.72. The van der Waals surface area contributed by atoms with E-state index in [2.05, 4.69) is 0 Å². The fourth-order valence-corrected chi connectivity index (χ4v) is 2.20. The maximum absolute atomic E-state index is 11.8. The quantitative estimate of drug-likeness (QED) is 0.916. The van der Waals surface area contributed by atoms with Crippen molar-refractivity contribution in [3.63, 3.8) is 0 Å². The van der Waals surface area contributed by atoms with Gasteiger partial charge in [0, 0.05) is 0 Å². The minimum absolute atomic E-state index is 0.169. The summed E-state index contributed by atoms with van der Waals surface area (Å²) in [5.74, 6) is -1.01. The van der Waals surface area contributed by atoms with Gasteiger partial charge in [0.05, 0.1) is 23.7 Å². The van der Waals surface area contributed by atoms with Crippen molar-refractivity contribution >= 4 is 29.4 Å². The molecule has 1 aliphatic rings. The third kappa shape index (κ3) is 2.41. The van der Waals surface area contributed by atoms with Crippen LogP contribution in [0.15, 0.2) is 24.3 Å². The van der Waals surface area contributed by atoms with Crippen molar-refractivity contribution in [1.82, 2.24) is 0 Å². The zero-order chi connectivity index (χ0) is 13.3. The van der Waals surface area contributed by atoms with Gasteiger partial charge in [0.25, 0.3) is 0 Å². The molecule has 0 bridgehead atoms. The molecule has 18 heavy (non-hydrogen) atoms. The smallest absolute Gasteiger partial charge is 0.415 e. The molecular weight excluding hydrogens is 258 g/mol. The van der Waals surface area contributed by atoms with Crippen LogP contribution in [0.25, 0.3) is 0 Å². The molecule has 0 aromatic heterocycles. The first kappa shape index (κ1) is 12.7. The first-order valence-corrected chi connectivity index (χ1v) is 5.76. The van der Waals surface area contributed by atoms with Crippen molar-refractivity contribution < 1.29 is 19.4 Å². The number of anilines is 1. The third-order valence-electron chi connectivity index (χ3n) is 2.72. The largest absolute Gasteiger partial charge is 0.481 e. The van der Waals surface area contributed by atoms with Gasteiger partial charge in [-0.25, -0.2) is 4.79 Å². The Hall–Kier alpha value is -1.75. The highest BCUT2D eigenvalue weighted by Crippen LogP contribution is 2.33. The van der Waals surface area contributed by atoms with E-state index in [1.807, 2.05) is 0 Å². The highest BCUT2D eigenvalue weighted by Gasteiger charge is 2.44. The van der Waals surface area contributed by atoms with Gasteiger partial charge in [-0.05, 0) is 19.1 Å². The monoisotopic (exact) mass is 269 g/mol. The second kappa shape index (κ2) is 4.49. The predicted octanol–water partition coefficient (Wildman–Crippen LogP) is 2.53. The number of carbonyl (C=O) groups excluding carboxylic acids is 1. The minimum Gasteiger partial charge on any atom is -0.481 e. The van der Waals surface area contributed by atoms with Gasteiger partial charge < -0.3 is 9.84 Å². The first-order chi connectivity index (χ1) is 8.41. The molecule has 0 aliphatic carbocycles. The van der Waals surface area contributed by atoms with Crippen molar-refractivity contribution in [2.75, 3.05) is 11.4 Å². The van der Waals surface area contributed by atoms with Gasteiger partial charge in [-0.2, -0.15) is 0 Å². The van der Waals surface area contributed by atoms with Crippen LogP contribution in [0, 0.1) is 0 Å². The van der Waals surface area contributed by atoms with E-state index in [0.29, 0.717) is 10.7 Å². The Morgan fingerprint density at radius 3 is 2.83 bits per heavy atom. The number of hydrogen-bond acceptors (Lipinski definition) is 3. The maximum Gasteiger partial charge on any atom is 0.415 e. The van der Waals surface area contributed by atoms with Gasteiger partial charge in [-0.15, -0.1) is 0 Å². The van der Waals surface area contributed by atoms with Crippen LogP contribution in [0.4, 0.5) is 10.5 Å². The summed E-state index contributed by atoms with van der Waals surface area (Å²) in [5, 5.41) is 9.23. The Balaban J connectivity index is 2.25. The van der Waals surface area contributed by atoms with Gasteiger partial charge in [-0.3, -0.25) is 9.69 Å². The molecule has 1 heterocycles. The number of aliphatic carboxylic acids is 1. The van der Waals surface area contributed by atoms with Crippen LogP contribution in [0.5, 0.6) is 0 Å². The van der Waals surface area contributed by atoms with E-state index >= 15 is 0 Å². The van der Waals surface area contributed by atoms with Crippen molar-refractivity contribution in [2.45, 2.75) is 18.9 Å². The molecule has 0 radical (unpaired) electrons. The second-order valence-electron chi connectivity index (χ2n) is 4.43. The summed E-state index contributed by atoms with van der Waals surface area (Å²) in [5.41, 5.74) is -0.500. The van der Waals surface area contributed by atoms with Crippen LogP contribution in [-0.2, 0) is 9.53 Å². The van der Waals surface area contributed by atoms with Crippen molar-refractivity contribution in [2.24, 2.45) is 0 Å². The topological polar surface area (TPSA) is 66.8 Å². The lowest BCUT2D eigenvalue weighted by Gasteiger charge is -2.19. The number of ether oxygens (including phenoxy) is 1. The average molecular weight is 270 g/mol. The number of carbonyl (C=O) groups is 2. The number of rotatable bonds is 3. The molecule has 1 saturated heterocycles. The molecule has 1 aromatic rings. The zero-order valence-corrected chi connectivity index (χ0v) is 10.5. The van der Waals surface area contributed by atoms with Crippen LogP contribution in [-0.4, -0.2) is 29.3 Å². The van der Waals surface area contributed by atoms with Crippen molar-refractivity contribution in [3.8, 4) is 0 Å². The summed E-state index contributed by atoms with van der Waals surface area (Å²) in [7, 11) is 0. The third-order valence-corrected chi connectivity index (χ3v) is 3.03. The molecule has 1 aliphatic heterocycles. The first-order valence-electron chi connectivity index (χ1n) is 5.38. The molecule has 96 valence electrons. The number of halogens is 1. The number of para-hydroxylation sites is 1. The normalized spacial score (nSPS) is 23.0. The van der Waals surface area contributed by atoms with Crippen molar-refractivity contribution in [3.05, 3.63) is 29.3 Å². The summed E-state index contributed by atoms with van der Waals surface area (Å²) in [6.07, 6.45) is -0.813. The summed E-state index contributed by atoms with van der Waals surface area (Å²) in [6.45, 7) is 1.76. The van der Waals surface area contributed by atoms with Gasteiger partial charge in [-0.1, -0.05) is 23.7 Å². The van der Waals surface area contributed by atoms with Crippen LogP contribution in [0.2, 0.25) is 5.02 Å². The standard InChI is InChI=1S/C12H12ClNO4/c1-12(6-10(15)16)7-14(11(17)18-12)9-5-3-2-4-8(9)13/h2-5H,6-7H2,1H3,(H,15,16). The summed E-state index contributed by atoms with van der Waals surface area (Å²) in [6, 6.07) is 6.86.